The largest absolute Gasteiger partial charge is 0.507 e. The third kappa shape index (κ3) is 3.32. The van der Waals surface area contributed by atoms with E-state index < -0.39 is 11.7 Å². The van der Waals surface area contributed by atoms with Gasteiger partial charge in [-0.15, -0.1) is 0 Å². The number of nitrogens with one attached hydrogen (secondary N) is 1. The number of benzene rings is 1. The molecule has 1 aromatic heterocycles. The van der Waals surface area contributed by atoms with Crippen molar-refractivity contribution in [3.8, 4) is 5.75 Å². The molecule has 0 aliphatic rings. The zero-order chi connectivity index (χ0) is 14.5. The van der Waals surface area contributed by atoms with Crippen molar-refractivity contribution in [3.05, 3.63) is 59.7 Å². The quantitative estimate of drug-likeness (QED) is 0.900. The standard InChI is InChI=1S/C15H15FN2O2/c1-10(11-4-6-17-7-5-11)9-18-15(20)13-8-12(16)2-3-14(13)19/h2-8,10,19H,9H2,1H3,(H,18,20). The molecule has 0 fully saturated rings. The van der Waals surface area contributed by atoms with Crippen molar-refractivity contribution in [2.45, 2.75) is 12.8 Å². The van der Waals surface area contributed by atoms with Gasteiger partial charge in [0.15, 0.2) is 0 Å². The van der Waals surface area contributed by atoms with Gasteiger partial charge < -0.3 is 10.4 Å². The first-order valence-electron chi connectivity index (χ1n) is 6.24. The zero-order valence-corrected chi connectivity index (χ0v) is 11.0. The topological polar surface area (TPSA) is 62.2 Å². The third-order valence-corrected chi connectivity index (χ3v) is 3.05. The molecule has 1 heterocycles. The molecule has 20 heavy (non-hydrogen) atoms. The first-order valence-corrected chi connectivity index (χ1v) is 6.24. The summed E-state index contributed by atoms with van der Waals surface area (Å²) < 4.78 is 13.1. The Kier molecular flexibility index (Phi) is 4.30. The van der Waals surface area contributed by atoms with Crippen molar-refractivity contribution in [2.75, 3.05) is 6.54 Å². The molecule has 1 aromatic carbocycles. The van der Waals surface area contributed by atoms with Crippen LogP contribution in [0.1, 0.15) is 28.8 Å². The second-order valence-corrected chi connectivity index (χ2v) is 4.55. The van der Waals surface area contributed by atoms with Gasteiger partial charge in [-0.25, -0.2) is 4.39 Å². The van der Waals surface area contributed by atoms with Crippen LogP contribution in [-0.4, -0.2) is 22.5 Å². The maximum atomic E-state index is 13.1. The van der Waals surface area contributed by atoms with Crippen LogP contribution >= 0.6 is 0 Å². The second kappa shape index (κ2) is 6.14. The monoisotopic (exact) mass is 274 g/mol. The smallest absolute Gasteiger partial charge is 0.255 e. The molecule has 2 rings (SSSR count). The number of amides is 1. The molecular formula is C15H15FN2O2. The molecular weight excluding hydrogens is 259 g/mol. The SMILES string of the molecule is CC(CNC(=O)c1cc(F)ccc1O)c1ccncc1. The maximum absolute atomic E-state index is 13.1. The predicted molar refractivity (Wildman–Crippen MR) is 73.1 cm³/mol. The lowest BCUT2D eigenvalue weighted by molar-refractivity contribution is 0.0948. The van der Waals surface area contributed by atoms with E-state index in [1.54, 1.807) is 12.4 Å². The highest BCUT2D eigenvalue weighted by molar-refractivity contribution is 5.96. The van der Waals surface area contributed by atoms with Crippen molar-refractivity contribution >= 4 is 5.91 Å². The van der Waals surface area contributed by atoms with Crippen molar-refractivity contribution in [3.63, 3.8) is 0 Å². The molecule has 0 bridgehead atoms. The highest BCUT2D eigenvalue weighted by atomic mass is 19.1. The number of nitrogens with zero attached hydrogens (tertiary/aromatic N) is 1. The lowest BCUT2D eigenvalue weighted by Crippen LogP contribution is -2.27. The van der Waals surface area contributed by atoms with Crippen LogP contribution in [0.4, 0.5) is 4.39 Å². The molecule has 0 aliphatic carbocycles. The molecule has 0 saturated carbocycles. The lowest BCUT2D eigenvalue weighted by Gasteiger charge is -2.13. The van der Waals surface area contributed by atoms with Gasteiger partial charge in [0.1, 0.15) is 11.6 Å². The number of hydrogen-bond donors (Lipinski definition) is 2. The number of rotatable bonds is 4. The van der Waals surface area contributed by atoms with E-state index in [0.29, 0.717) is 6.54 Å². The molecule has 5 heteroatoms. The summed E-state index contributed by atoms with van der Waals surface area (Å²) >= 11 is 0. The summed E-state index contributed by atoms with van der Waals surface area (Å²) in [5.74, 6) is -1.20. The van der Waals surface area contributed by atoms with Crippen molar-refractivity contribution in [1.82, 2.24) is 10.3 Å². The Bertz CT molecular complexity index is 602. The number of aromatic hydroxyl groups is 1. The van der Waals surface area contributed by atoms with Gasteiger partial charge in [-0.05, 0) is 41.8 Å². The number of phenolic OH excluding ortho intramolecular Hbond substituents is 1. The van der Waals surface area contributed by atoms with Crippen LogP contribution in [-0.2, 0) is 0 Å². The minimum absolute atomic E-state index is 0.0630. The summed E-state index contributed by atoms with van der Waals surface area (Å²) in [6.07, 6.45) is 3.37. The normalized spacial score (nSPS) is 11.9. The zero-order valence-electron chi connectivity index (χ0n) is 11.0. The van der Waals surface area contributed by atoms with Gasteiger partial charge in [0.25, 0.3) is 5.91 Å². The molecule has 0 aliphatic heterocycles. The summed E-state index contributed by atoms with van der Waals surface area (Å²) in [5, 5.41) is 12.2. The highest BCUT2D eigenvalue weighted by Crippen LogP contribution is 2.18. The van der Waals surface area contributed by atoms with Crippen LogP contribution in [0.2, 0.25) is 0 Å². The molecule has 104 valence electrons. The van der Waals surface area contributed by atoms with E-state index in [0.717, 1.165) is 23.8 Å². The summed E-state index contributed by atoms with van der Waals surface area (Å²) in [5.41, 5.74) is 0.982. The van der Waals surface area contributed by atoms with E-state index >= 15 is 0 Å². The van der Waals surface area contributed by atoms with Crippen molar-refractivity contribution < 1.29 is 14.3 Å². The Labute approximate surface area is 116 Å². The Morgan fingerprint density at radius 2 is 2.05 bits per heavy atom. The second-order valence-electron chi connectivity index (χ2n) is 4.55. The molecule has 1 unspecified atom stereocenters. The van der Waals surface area contributed by atoms with Gasteiger partial charge in [0.2, 0.25) is 0 Å². The Morgan fingerprint density at radius 1 is 1.35 bits per heavy atom. The van der Waals surface area contributed by atoms with Gasteiger partial charge in [0.05, 0.1) is 5.56 Å². The van der Waals surface area contributed by atoms with Gasteiger partial charge in [-0.3, -0.25) is 9.78 Å². The number of hydrogen-bond acceptors (Lipinski definition) is 3. The molecule has 0 spiro atoms. The molecule has 2 N–H and O–H groups in total. The van der Waals surface area contributed by atoms with E-state index in [-0.39, 0.29) is 17.2 Å². The van der Waals surface area contributed by atoms with Crippen molar-refractivity contribution in [1.29, 1.82) is 0 Å². The summed E-state index contributed by atoms with van der Waals surface area (Å²) in [6.45, 7) is 2.35. The van der Waals surface area contributed by atoms with Crippen LogP contribution in [0.5, 0.6) is 5.75 Å². The number of carbonyl (C=O) groups is 1. The fourth-order valence-corrected chi connectivity index (χ4v) is 1.84. The number of pyridine rings is 1. The van der Waals surface area contributed by atoms with Gasteiger partial charge in [0, 0.05) is 18.9 Å². The fourth-order valence-electron chi connectivity index (χ4n) is 1.84. The minimum Gasteiger partial charge on any atom is -0.507 e. The number of aromatic nitrogens is 1. The minimum atomic E-state index is -0.560. The van der Waals surface area contributed by atoms with Crippen LogP contribution < -0.4 is 5.32 Å². The van der Waals surface area contributed by atoms with Crippen LogP contribution in [0.15, 0.2) is 42.7 Å². The van der Waals surface area contributed by atoms with E-state index in [1.165, 1.54) is 0 Å². The van der Waals surface area contributed by atoms with E-state index in [1.807, 2.05) is 19.1 Å². The van der Waals surface area contributed by atoms with E-state index in [2.05, 4.69) is 10.3 Å². The molecule has 1 amide bonds. The Morgan fingerprint density at radius 3 is 2.75 bits per heavy atom. The summed E-state index contributed by atoms with van der Waals surface area (Å²) in [6, 6.07) is 7.02. The van der Waals surface area contributed by atoms with E-state index in [4.69, 9.17) is 0 Å². The van der Waals surface area contributed by atoms with Gasteiger partial charge >= 0.3 is 0 Å². The highest BCUT2D eigenvalue weighted by Gasteiger charge is 2.13. The molecule has 0 saturated heterocycles. The van der Waals surface area contributed by atoms with Crippen LogP contribution in [0.3, 0.4) is 0 Å². The molecule has 2 aromatic rings. The van der Waals surface area contributed by atoms with Gasteiger partial charge in [-0.1, -0.05) is 6.92 Å². The summed E-state index contributed by atoms with van der Waals surface area (Å²) in [4.78, 5) is 15.8. The van der Waals surface area contributed by atoms with Crippen LogP contribution in [0, 0.1) is 5.82 Å². The maximum Gasteiger partial charge on any atom is 0.255 e. The van der Waals surface area contributed by atoms with Gasteiger partial charge in [-0.2, -0.15) is 0 Å². The predicted octanol–water partition coefficient (Wildman–Crippen LogP) is 2.46. The Hall–Kier alpha value is -2.43. The van der Waals surface area contributed by atoms with E-state index in [9.17, 15) is 14.3 Å². The lowest BCUT2D eigenvalue weighted by atomic mass is 10.0. The number of halogens is 1. The molecule has 0 radical (unpaired) electrons. The third-order valence-electron chi connectivity index (χ3n) is 3.05. The number of phenols is 1. The first kappa shape index (κ1) is 14.0. The van der Waals surface area contributed by atoms with Crippen LogP contribution in [0.25, 0.3) is 0 Å². The summed E-state index contributed by atoms with van der Waals surface area (Å²) in [7, 11) is 0. The molecule has 4 nitrogen and oxygen atoms in total. The average molecular weight is 274 g/mol. The van der Waals surface area contributed by atoms with Crippen molar-refractivity contribution in [2.24, 2.45) is 0 Å². The molecule has 1 atom stereocenters. The Balaban J connectivity index is 2.00. The fraction of sp³-hybridized carbons (Fsp3) is 0.200. The first-order chi connectivity index (χ1) is 9.58. The average Bonchev–Trinajstić information content (AvgIpc) is 2.47. The number of carbonyl (C=O) groups excluding carboxylic acids is 1.